The number of nitrogens with one attached hydrogen (secondary N) is 1. The second-order valence-electron chi connectivity index (χ2n) is 5.37. The van der Waals surface area contributed by atoms with Gasteiger partial charge in [0.2, 0.25) is 0 Å². The van der Waals surface area contributed by atoms with E-state index in [1.54, 1.807) is 7.11 Å². The molecular weight excluding hydrogens is 302 g/mol. The molecule has 0 saturated heterocycles. The van der Waals surface area contributed by atoms with E-state index in [0.717, 1.165) is 35.5 Å². The highest BCUT2D eigenvalue weighted by Gasteiger charge is 2.15. The minimum atomic E-state index is 0.395. The summed E-state index contributed by atoms with van der Waals surface area (Å²) >= 11 is 3.66. The molecule has 19 heavy (non-hydrogen) atoms. The van der Waals surface area contributed by atoms with Crippen LogP contribution >= 0.6 is 15.9 Å². The van der Waals surface area contributed by atoms with Crippen LogP contribution in [-0.4, -0.2) is 13.7 Å². The van der Waals surface area contributed by atoms with E-state index in [-0.39, 0.29) is 0 Å². The molecule has 1 rings (SSSR count). The molecule has 1 unspecified atom stereocenters. The Hall–Kier alpha value is -0.540. The molecule has 2 nitrogen and oxygen atoms in total. The Morgan fingerprint density at radius 1 is 1.26 bits per heavy atom. The van der Waals surface area contributed by atoms with Gasteiger partial charge in [-0.15, -0.1) is 0 Å². The van der Waals surface area contributed by atoms with Crippen LogP contribution in [0.3, 0.4) is 0 Å². The van der Waals surface area contributed by atoms with Crippen molar-refractivity contribution in [3.63, 3.8) is 0 Å². The zero-order chi connectivity index (χ0) is 14.3. The lowest BCUT2D eigenvalue weighted by molar-refractivity contribution is 0.409. The molecule has 0 heterocycles. The van der Waals surface area contributed by atoms with Gasteiger partial charge in [0.25, 0.3) is 0 Å². The Labute approximate surface area is 126 Å². The molecule has 0 aliphatic heterocycles. The molecule has 0 aliphatic rings. The van der Waals surface area contributed by atoms with E-state index in [1.807, 2.05) is 6.07 Å². The molecule has 0 fully saturated rings. The maximum absolute atomic E-state index is 5.34. The van der Waals surface area contributed by atoms with Crippen molar-refractivity contribution >= 4 is 15.9 Å². The topological polar surface area (TPSA) is 21.3 Å². The molecule has 3 heteroatoms. The monoisotopic (exact) mass is 327 g/mol. The molecular formula is C16H26BrNO. The van der Waals surface area contributed by atoms with Crippen molar-refractivity contribution in [1.82, 2.24) is 5.32 Å². The number of ether oxygens (including phenoxy) is 1. The van der Waals surface area contributed by atoms with Gasteiger partial charge in [0.05, 0.1) is 7.11 Å². The second kappa shape index (κ2) is 8.60. The Bertz CT molecular complexity index is 379. The van der Waals surface area contributed by atoms with E-state index >= 15 is 0 Å². The van der Waals surface area contributed by atoms with Crippen molar-refractivity contribution in [2.75, 3.05) is 13.7 Å². The van der Waals surface area contributed by atoms with Crippen LogP contribution in [0.4, 0.5) is 0 Å². The maximum Gasteiger partial charge on any atom is 0.119 e. The number of rotatable bonds is 8. The molecule has 1 aromatic carbocycles. The van der Waals surface area contributed by atoms with Gasteiger partial charge >= 0.3 is 0 Å². The van der Waals surface area contributed by atoms with Gasteiger partial charge in [-0.25, -0.2) is 0 Å². The summed E-state index contributed by atoms with van der Waals surface area (Å²) in [5, 5.41) is 3.65. The van der Waals surface area contributed by atoms with Crippen molar-refractivity contribution < 1.29 is 4.74 Å². The van der Waals surface area contributed by atoms with Gasteiger partial charge in [-0.2, -0.15) is 0 Å². The summed E-state index contributed by atoms with van der Waals surface area (Å²) in [5.41, 5.74) is 1.30. The highest BCUT2D eigenvalue weighted by atomic mass is 79.9. The van der Waals surface area contributed by atoms with Gasteiger partial charge in [0, 0.05) is 10.5 Å². The fourth-order valence-corrected chi connectivity index (χ4v) is 2.62. The molecule has 1 aromatic rings. The van der Waals surface area contributed by atoms with E-state index in [0.29, 0.717) is 6.04 Å². The Kier molecular flexibility index (Phi) is 7.47. The number of hydrogen-bond acceptors (Lipinski definition) is 2. The molecule has 0 aromatic heterocycles. The van der Waals surface area contributed by atoms with Crippen LogP contribution in [0.15, 0.2) is 22.7 Å². The van der Waals surface area contributed by atoms with Crippen molar-refractivity contribution in [2.24, 2.45) is 5.92 Å². The third kappa shape index (κ3) is 5.53. The molecule has 0 spiro atoms. The van der Waals surface area contributed by atoms with Gasteiger partial charge in [0.15, 0.2) is 0 Å². The van der Waals surface area contributed by atoms with Crippen LogP contribution in [0.1, 0.15) is 51.6 Å². The van der Waals surface area contributed by atoms with Crippen LogP contribution in [0.5, 0.6) is 5.75 Å². The van der Waals surface area contributed by atoms with E-state index in [1.165, 1.54) is 12.0 Å². The van der Waals surface area contributed by atoms with Crippen LogP contribution in [0.25, 0.3) is 0 Å². The fraction of sp³-hybridized carbons (Fsp3) is 0.625. The Morgan fingerprint density at radius 3 is 2.58 bits per heavy atom. The normalized spacial score (nSPS) is 12.7. The van der Waals surface area contributed by atoms with Crippen molar-refractivity contribution in [3.05, 3.63) is 28.2 Å². The smallest absolute Gasteiger partial charge is 0.119 e. The Morgan fingerprint density at radius 2 is 2.00 bits per heavy atom. The highest BCUT2D eigenvalue weighted by Crippen LogP contribution is 2.31. The zero-order valence-electron chi connectivity index (χ0n) is 12.5. The molecule has 0 amide bonds. The second-order valence-corrected chi connectivity index (χ2v) is 6.22. The van der Waals surface area contributed by atoms with Gasteiger partial charge in [0.1, 0.15) is 5.75 Å². The van der Waals surface area contributed by atoms with Gasteiger partial charge in [-0.1, -0.05) is 36.7 Å². The van der Waals surface area contributed by atoms with E-state index in [2.05, 4.69) is 54.2 Å². The van der Waals surface area contributed by atoms with Gasteiger partial charge < -0.3 is 10.1 Å². The molecule has 0 bridgehead atoms. The summed E-state index contributed by atoms with van der Waals surface area (Å²) in [4.78, 5) is 0. The third-order valence-corrected chi connectivity index (χ3v) is 3.97. The average Bonchev–Trinajstić information content (AvgIpc) is 2.40. The van der Waals surface area contributed by atoms with Gasteiger partial charge in [-0.05, 0) is 55.5 Å². The summed E-state index contributed by atoms with van der Waals surface area (Å²) in [6.07, 6.45) is 3.54. The quantitative estimate of drug-likeness (QED) is 0.730. The largest absolute Gasteiger partial charge is 0.497 e. The summed E-state index contributed by atoms with van der Waals surface area (Å²) in [6.45, 7) is 7.80. The molecule has 1 N–H and O–H groups in total. The predicted octanol–water partition coefficient (Wildman–Crippen LogP) is 4.93. The van der Waals surface area contributed by atoms with Crippen molar-refractivity contribution in [3.8, 4) is 5.75 Å². The summed E-state index contributed by atoms with van der Waals surface area (Å²) in [5.74, 6) is 1.65. The molecule has 1 atom stereocenters. The summed E-state index contributed by atoms with van der Waals surface area (Å²) in [6, 6.07) is 6.60. The van der Waals surface area contributed by atoms with Crippen molar-refractivity contribution in [2.45, 2.75) is 46.1 Å². The van der Waals surface area contributed by atoms with Crippen LogP contribution in [0.2, 0.25) is 0 Å². The van der Waals surface area contributed by atoms with Crippen LogP contribution in [-0.2, 0) is 0 Å². The first kappa shape index (κ1) is 16.5. The predicted molar refractivity (Wildman–Crippen MR) is 85.8 cm³/mol. The number of hydrogen-bond donors (Lipinski definition) is 1. The minimum Gasteiger partial charge on any atom is -0.497 e. The highest BCUT2D eigenvalue weighted by molar-refractivity contribution is 9.10. The minimum absolute atomic E-state index is 0.395. The Balaban J connectivity index is 2.87. The first-order chi connectivity index (χ1) is 9.08. The lowest BCUT2D eigenvalue weighted by Gasteiger charge is -2.22. The number of methoxy groups -OCH3 is 1. The summed E-state index contributed by atoms with van der Waals surface area (Å²) < 4.78 is 6.50. The summed E-state index contributed by atoms with van der Waals surface area (Å²) in [7, 11) is 1.72. The third-order valence-electron chi connectivity index (χ3n) is 3.25. The number of benzene rings is 1. The van der Waals surface area contributed by atoms with E-state index in [9.17, 15) is 0 Å². The fourth-order valence-electron chi connectivity index (χ4n) is 2.10. The number of halogens is 1. The lowest BCUT2D eigenvalue weighted by atomic mass is 9.97. The first-order valence-corrected chi connectivity index (χ1v) is 7.94. The first-order valence-electron chi connectivity index (χ1n) is 7.15. The average molecular weight is 328 g/mol. The standard InChI is InChI=1S/C16H26BrNO/c1-5-10-18-16(9-6-12(2)3)14-11-13(19-4)7-8-15(14)17/h7-8,11-12,16,18H,5-6,9-10H2,1-4H3. The lowest BCUT2D eigenvalue weighted by Crippen LogP contribution is -2.23. The van der Waals surface area contributed by atoms with Crippen LogP contribution < -0.4 is 10.1 Å². The molecule has 108 valence electrons. The van der Waals surface area contributed by atoms with Crippen LogP contribution in [0, 0.1) is 5.92 Å². The molecule has 0 saturated carbocycles. The molecule has 0 aliphatic carbocycles. The van der Waals surface area contributed by atoms with Crippen molar-refractivity contribution in [1.29, 1.82) is 0 Å². The van der Waals surface area contributed by atoms with Gasteiger partial charge in [-0.3, -0.25) is 0 Å². The van der Waals surface area contributed by atoms with E-state index < -0.39 is 0 Å². The SMILES string of the molecule is CCCNC(CCC(C)C)c1cc(OC)ccc1Br. The van der Waals surface area contributed by atoms with E-state index in [4.69, 9.17) is 4.74 Å². The molecule has 0 radical (unpaired) electrons. The zero-order valence-corrected chi connectivity index (χ0v) is 14.1. The maximum atomic E-state index is 5.34.